The summed E-state index contributed by atoms with van der Waals surface area (Å²) >= 11 is 0. The van der Waals surface area contributed by atoms with Crippen LogP contribution < -0.4 is 0 Å². The topological polar surface area (TPSA) is 28.7 Å². The van der Waals surface area contributed by atoms with E-state index in [9.17, 15) is 0 Å². The van der Waals surface area contributed by atoms with Crippen molar-refractivity contribution in [3.8, 4) is 6.07 Å². The van der Waals surface area contributed by atoms with Gasteiger partial charge in [-0.1, -0.05) is 35.4 Å². The van der Waals surface area contributed by atoms with Gasteiger partial charge in [0.2, 0.25) is 0 Å². The minimum Gasteiger partial charge on any atom is -0.343 e. The highest BCUT2D eigenvalue weighted by Crippen LogP contribution is 2.21. The summed E-state index contributed by atoms with van der Waals surface area (Å²) in [6.45, 7) is 5.08. The van der Waals surface area contributed by atoms with Gasteiger partial charge in [-0.25, -0.2) is 0 Å². The van der Waals surface area contributed by atoms with Crippen LogP contribution >= 0.6 is 0 Å². The molecule has 1 heterocycles. The van der Waals surface area contributed by atoms with Crippen LogP contribution in [0.1, 0.15) is 22.3 Å². The molecule has 3 rings (SSSR count). The van der Waals surface area contributed by atoms with Gasteiger partial charge in [-0.3, -0.25) is 0 Å². The molecule has 0 radical (unpaired) electrons. The van der Waals surface area contributed by atoms with E-state index in [-0.39, 0.29) is 0 Å². The first-order valence-electron chi connectivity index (χ1n) is 6.72. The molecule has 0 atom stereocenters. The van der Waals surface area contributed by atoms with Gasteiger partial charge in [-0.05, 0) is 37.6 Å². The third-order valence-corrected chi connectivity index (χ3v) is 3.57. The molecule has 1 aromatic heterocycles. The molecule has 0 bridgehead atoms. The predicted octanol–water partition coefficient (Wildman–Crippen LogP) is 4.18. The predicted molar refractivity (Wildman–Crippen MR) is 81.7 cm³/mol. The van der Waals surface area contributed by atoms with E-state index in [0.717, 1.165) is 23.0 Å². The van der Waals surface area contributed by atoms with E-state index in [1.807, 2.05) is 18.2 Å². The second-order valence-corrected chi connectivity index (χ2v) is 5.29. The first-order chi connectivity index (χ1) is 9.67. The Morgan fingerprint density at radius 2 is 1.80 bits per heavy atom. The number of nitriles is 1. The molecule has 2 nitrogen and oxygen atoms in total. The van der Waals surface area contributed by atoms with E-state index in [4.69, 9.17) is 5.26 Å². The maximum Gasteiger partial charge on any atom is 0.0998 e. The van der Waals surface area contributed by atoms with Crippen molar-refractivity contribution in [1.82, 2.24) is 4.57 Å². The number of nitrogens with zero attached hydrogens (tertiary/aromatic N) is 2. The minimum absolute atomic E-state index is 0.738. The Kier molecular flexibility index (Phi) is 3.04. The van der Waals surface area contributed by atoms with Gasteiger partial charge in [-0.2, -0.15) is 5.26 Å². The number of fused-ring (bicyclic) bond motifs is 1. The second-order valence-electron chi connectivity index (χ2n) is 5.29. The fraction of sp³-hybridized carbons (Fsp3) is 0.167. The van der Waals surface area contributed by atoms with Crippen molar-refractivity contribution in [2.45, 2.75) is 20.4 Å². The smallest absolute Gasteiger partial charge is 0.0998 e. The number of hydrogen-bond donors (Lipinski definition) is 0. The van der Waals surface area contributed by atoms with Crippen LogP contribution in [0.25, 0.3) is 10.9 Å². The fourth-order valence-corrected chi connectivity index (χ4v) is 2.82. The van der Waals surface area contributed by atoms with Crippen molar-refractivity contribution >= 4 is 10.9 Å². The van der Waals surface area contributed by atoms with Crippen LogP contribution in [0.2, 0.25) is 0 Å². The average molecular weight is 260 g/mol. The second kappa shape index (κ2) is 4.86. The lowest BCUT2D eigenvalue weighted by molar-refractivity contribution is 0.834. The van der Waals surface area contributed by atoms with Gasteiger partial charge in [-0.15, -0.1) is 0 Å². The fourth-order valence-electron chi connectivity index (χ4n) is 2.82. The number of rotatable bonds is 2. The molecule has 3 aromatic rings. The van der Waals surface area contributed by atoms with Gasteiger partial charge >= 0.3 is 0 Å². The molecule has 2 heteroatoms. The molecule has 0 amide bonds. The van der Waals surface area contributed by atoms with Gasteiger partial charge in [0.1, 0.15) is 0 Å². The Morgan fingerprint density at radius 1 is 1.05 bits per heavy atom. The van der Waals surface area contributed by atoms with Crippen LogP contribution in [0.3, 0.4) is 0 Å². The molecule has 0 saturated heterocycles. The van der Waals surface area contributed by atoms with Crippen LogP contribution in [-0.2, 0) is 6.54 Å². The van der Waals surface area contributed by atoms with E-state index in [1.165, 1.54) is 16.7 Å². The molecule has 0 fully saturated rings. The lowest BCUT2D eigenvalue weighted by Crippen LogP contribution is -1.98. The van der Waals surface area contributed by atoms with Crippen LogP contribution in [0.15, 0.2) is 48.7 Å². The molecular formula is C18H16N2. The lowest BCUT2D eigenvalue weighted by Gasteiger charge is -2.08. The average Bonchev–Trinajstić information content (AvgIpc) is 2.81. The first-order valence-corrected chi connectivity index (χ1v) is 6.72. The summed E-state index contributed by atoms with van der Waals surface area (Å²) in [7, 11) is 0. The van der Waals surface area contributed by atoms with E-state index in [2.05, 4.69) is 54.9 Å². The van der Waals surface area contributed by atoms with Crippen LogP contribution in [0.5, 0.6) is 0 Å². The van der Waals surface area contributed by atoms with Crippen molar-refractivity contribution in [2.24, 2.45) is 0 Å². The molecule has 2 aromatic carbocycles. The summed E-state index contributed by atoms with van der Waals surface area (Å²) in [5.74, 6) is 0. The molecule has 0 N–H and O–H groups in total. The molecule has 0 spiro atoms. The SMILES string of the molecule is Cc1cc(C)cc(Cn2ccc3c(C#N)cccc32)c1. The van der Waals surface area contributed by atoms with E-state index in [1.54, 1.807) is 0 Å². The molecule has 0 aliphatic rings. The van der Waals surface area contributed by atoms with E-state index < -0.39 is 0 Å². The molecule has 20 heavy (non-hydrogen) atoms. The third kappa shape index (κ3) is 2.19. The highest BCUT2D eigenvalue weighted by atomic mass is 14.9. The summed E-state index contributed by atoms with van der Waals surface area (Å²) in [5, 5.41) is 10.2. The Hall–Kier alpha value is -2.53. The first kappa shape index (κ1) is 12.5. The molecule has 0 unspecified atom stereocenters. The lowest BCUT2D eigenvalue weighted by atomic mass is 10.1. The quantitative estimate of drug-likeness (QED) is 0.679. The number of aromatic nitrogens is 1. The zero-order valence-corrected chi connectivity index (χ0v) is 11.7. The molecule has 0 aliphatic heterocycles. The largest absolute Gasteiger partial charge is 0.343 e. The van der Waals surface area contributed by atoms with E-state index in [0.29, 0.717) is 0 Å². The summed E-state index contributed by atoms with van der Waals surface area (Å²) in [5.41, 5.74) is 5.72. The van der Waals surface area contributed by atoms with Gasteiger partial charge in [0.15, 0.2) is 0 Å². The van der Waals surface area contributed by atoms with Crippen LogP contribution in [0, 0.1) is 25.2 Å². The Balaban J connectivity index is 2.05. The third-order valence-electron chi connectivity index (χ3n) is 3.57. The standard InChI is InChI=1S/C18H16N2/c1-13-8-14(2)10-15(9-13)12-20-7-6-17-16(11-19)4-3-5-18(17)20/h3-10H,12H2,1-2H3. The van der Waals surface area contributed by atoms with Crippen LogP contribution in [-0.4, -0.2) is 4.57 Å². The highest BCUT2D eigenvalue weighted by Gasteiger charge is 2.06. The highest BCUT2D eigenvalue weighted by molar-refractivity contribution is 5.86. The zero-order valence-electron chi connectivity index (χ0n) is 11.7. The van der Waals surface area contributed by atoms with Crippen molar-refractivity contribution in [3.05, 3.63) is 70.9 Å². The summed E-state index contributed by atoms with van der Waals surface area (Å²) < 4.78 is 2.20. The zero-order chi connectivity index (χ0) is 14.1. The molecular weight excluding hydrogens is 244 g/mol. The maximum absolute atomic E-state index is 9.15. The Morgan fingerprint density at radius 3 is 2.50 bits per heavy atom. The number of hydrogen-bond acceptors (Lipinski definition) is 1. The van der Waals surface area contributed by atoms with Crippen LogP contribution in [0.4, 0.5) is 0 Å². The Labute approximate surface area is 118 Å². The minimum atomic E-state index is 0.738. The molecule has 0 aliphatic carbocycles. The van der Waals surface area contributed by atoms with Gasteiger partial charge in [0.25, 0.3) is 0 Å². The summed E-state index contributed by atoms with van der Waals surface area (Å²) in [4.78, 5) is 0. The van der Waals surface area contributed by atoms with Crippen molar-refractivity contribution in [1.29, 1.82) is 5.26 Å². The van der Waals surface area contributed by atoms with Gasteiger partial charge < -0.3 is 4.57 Å². The van der Waals surface area contributed by atoms with Crippen molar-refractivity contribution in [3.63, 3.8) is 0 Å². The Bertz CT molecular complexity index is 799. The van der Waals surface area contributed by atoms with E-state index >= 15 is 0 Å². The number of benzene rings is 2. The monoisotopic (exact) mass is 260 g/mol. The maximum atomic E-state index is 9.15. The van der Waals surface area contributed by atoms with Gasteiger partial charge in [0, 0.05) is 23.6 Å². The summed E-state index contributed by atoms with van der Waals surface area (Å²) in [6.07, 6.45) is 2.06. The van der Waals surface area contributed by atoms with Crippen molar-refractivity contribution in [2.75, 3.05) is 0 Å². The summed E-state index contributed by atoms with van der Waals surface area (Å²) in [6, 6.07) is 16.8. The molecule has 0 saturated carbocycles. The van der Waals surface area contributed by atoms with Gasteiger partial charge in [0.05, 0.1) is 11.6 Å². The molecule has 98 valence electrons. The van der Waals surface area contributed by atoms with Crippen molar-refractivity contribution < 1.29 is 0 Å². The normalized spacial score (nSPS) is 10.7. The number of aryl methyl sites for hydroxylation is 2.